The van der Waals surface area contributed by atoms with Crippen molar-refractivity contribution in [2.45, 2.75) is 32.4 Å². The molecule has 0 aliphatic heterocycles. The Morgan fingerprint density at radius 2 is 1.96 bits per heavy atom. The van der Waals surface area contributed by atoms with Crippen LogP contribution in [0.2, 0.25) is 0 Å². The lowest BCUT2D eigenvalue weighted by Crippen LogP contribution is -2.90. The van der Waals surface area contributed by atoms with E-state index in [2.05, 4.69) is 24.1 Å². The van der Waals surface area contributed by atoms with E-state index >= 15 is 0 Å². The molecular weight excluding hydrogens is 360 g/mol. The van der Waals surface area contributed by atoms with Crippen LogP contribution in [0.1, 0.15) is 29.8 Å². The lowest BCUT2D eigenvalue weighted by atomic mass is 10.1. The standard InChI is InChI=1S/C15H25NO3.C6H5NO2/c1-12(2)16-10-14(17)11-19-15-6-4-13(5-7-15)8-9-18-3;8-6(9)5-2-1-3-7-4-5/h4-7,12,14,16-17H,8-11H2,1-3H3;1-4H,(H,8,9)/t14-;/m1./s1. The fraction of sp³-hybridized carbons (Fsp3) is 0.429. The topological polar surface area (TPSA) is 108 Å². The maximum absolute atomic E-state index is 10.0. The van der Waals surface area contributed by atoms with Crippen molar-refractivity contribution in [3.63, 3.8) is 0 Å². The van der Waals surface area contributed by atoms with Gasteiger partial charge >= 0.3 is 0 Å². The van der Waals surface area contributed by atoms with Gasteiger partial charge in [0, 0.05) is 25.1 Å². The maximum Gasteiger partial charge on any atom is 0.137 e. The number of carboxylic acid groups (broad SMARTS) is 1. The van der Waals surface area contributed by atoms with E-state index in [1.165, 1.54) is 24.0 Å². The Morgan fingerprint density at radius 3 is 2.46 bits per heavy atom. The minimum absolute atomic E-state index is 0.109. The minimum Gasteiger partial charge on any atom is -0.545 e. The first kappa shape index (κ1) is 23.6. The Balaban J connectivity index is 0.000000362. The van der Waals surface area contributed by atoms with E-state index in [9.17, 15) is 15.0 Å². The summed E-state index contributed by atoms with van der Waals surface area (Å²) in [6.07, 6.45) is 3.22. The molecular formula is C21H30N2O5. The highest BCUT2D eigenvalue weighted by atomic mass is 16.5. The van der Waals surface area contributed by atoms with Crippen molar-refractivity contribution in [2.24, 2.45) is 0 Å². The number of nitrogens with two attached hydrogens (primary N) is 1. The summed E-state index contributed by atoms with van der Waals surface area (Å²) in [5.41, 5.74) is 1.33. The van der Waals surface area contributed by atoms with Crippen LogP contribution in [-0.4, -0.2) is 55.1 Å². The Labute approximate surface area is 166 Å². The highest BCUT2D eigenvalue weighted by Crippen LogP contribution is 2.12. The Morgan fingerprint density at radius 1 is 1.25 bits per heavy atom. The summed E-state index contributed by atoms with van der Waals surface area (Å²) in [4.78, 5) is 13.6. The number of carbonyl (C=O) groups excluding carboxylic acids is 1. The van der Waals surface area contributed by atoms with Gasteiger partial charge in [0.2, 0.25) is 0 Å². The fourth-order valence-corrected chi connectivity index (χ4v) is 2.15. The van der Waals surface area contributed by atoms with Crippen LogP contribution in [-0.2, 0) is 11.2 Å². The van der Waals surface area contributed by atoms with E-state index in [1.54, 1.807) is 13.2 Å². The van der Waals surface area contributed by atoms with Crippen LogP contribution >= 0.6 is 0 Å². The lowest BCUT2D eigenvalue weighted by molar-refractivity contribution is -0.688. The zero-order valence-electron chi connectivity index (χ0n) is 16.7. The van der Waals surface area contributed by atoms with Crippen molar-refractivity contribution in [3.8, 4) is 5.75 Å². The second-order valence-corrected chi connectivity index (χ2v) is 6.60. The van der Waals surface area contributed by atoms with Gasteiger partial charge in [-0.05, 0) is 44.0 Å². The number of aliphatic hydroxyl groups excluding tert-OH is 1. The van der Waals surface area contributed by atoms with E-state index in [0.29, 0.717) is 19.2 Å². The quantitative estimate of drug-likeness (QED) is 0.593. The van der Waals surface area contributed by atoms with Crippen molar-refractivity contribution < 1.29 is 29.8 Å². The van der Waals surface area contributed by atoms with E-state index in [0.717, 1.165) is 18.8 Å². The monoisotopic (exact) mass is 390 g/mol. The average Bonchev–Trinajstić information content (AvgIpc) is 2.71. The number of methoxy groups -OCH3 is 1. The number of hydrogen-bond donors (Lipinski definition) is 2. The van der Waals surface area contributed by atoms with Crippen LogP contribution < -0.4 is 15.2 Å². The summed E-state index contributed by atoms with van der Waals surface area (Å²) in [5.74, 6) is -0.395. The third kappa shape index (κ3) is 10.6. The molecule has 1 atom stereocenters. The summed E-state index contributed by atoms with van der Waals surface area (Å²) < 4.78 is 10.6. The summed E-state index contributed by atoms with van der Waals surface area (Å²) in [5, 5.41) is 21.9. The SMILES string of the molecule is COCCc1ccc(OC[C@H](O)C[NH2+]C(C)C)cc1.O=C([O-])c1cccnc1. The van der Waals surface area contributed by atoms with Crippen molar-refractivity contribution in [1.29, 1.82) is 0 Å². The van der Waals surface area contributed by atoms with Gasteiger partial charge in [-0.25, -0.2) is 0 Å². The molecule has 0 aliphatic rings. The number of quaternary nitrogens is 1. The number of aliphatic hydroxyl groups is 1. The number of carbonyl (C=O) groups is 1. The molecule has 1 heterocycles. The zero-order valence-corrected chi connectivity index (χ0v) is 16.7. The maximum atomic E-state index is 10.0. The normalized spacial score (nSPS) is 11.5. The summed E-state index contributed by atoms with van der Waals surface area (Å²) in [6.45, 7) is 5.94. The van der Waals surface area contributed by atoms with Gasteiger partial charge in [0.05, 0.1) is 18.6 Å². The number of carboxylic acids is 1. The van der Waals surface area contributed by atoms with E-state index in [4.69, 9.17) is 9.47 Å². The van der Waals surface area contributed by atoms with Gasteiger partial charge in [-0.2, -0.15) is 0 Å². The van der Waals surface area contributed by atoms with Gasteiger partial charge in [-0.15, -0.1) is 0 Å². The van der Waals surface area contributed by atoms with Crippen LogP contribution in [0.3, 0.4) is 0 Å². The molecule has 2 aromatic rings. The predicted octanol–water partition coefficient (Wildman–Crippen LogP) is 0.0321. The number of hydrogen-bond acceptors (Lipinski definition) is 6. The van der Waals surface area contributed by atoms with Gasteiger partial charge in [0.25, 0.3) is 0 Å². The molecule has 0 bridgehead atoms. The van der Waals surface area contributed by atoms with E-state index in [1.807, 2.05) is 24.3 Å². The first-order valence-electron chi connectivity index (χ1n) is 9.25. The van der Waals surface area contributed by atoms with Gasteiger partial charge in [-0.3, -0.25) is 4.98 Å². The van der Waals surface area contributed by atoms with Crippen LogP contribution in [0, 0.1) is 0 Å². The molecule has 0 aliphatic carbocycles. The van der Waals surface area contributed by atoms with Crippen molar-refractivity contribution in [3.05, 3.63) is 59.9 Å². The van der Waals surface area contributed by atoms with Gasteiger partial charge < -0.3 is 29.8 Å². The summed E-state index contributed by atoms with van der Waals surface area (Å²) in [7, 11) is 1.70. The second kappa shape index (κ2) is 13.7. The third-order valence-electron chi connectivity index (χ3n) is 3.74. The molecule has 3 N–H and O–H groups in total. The number of aromatic carboxylic acids is 1. The molecule has 7 nitrogen and oxygen atoms in total. The van der Waals surface area contributed by atoms with Gasteiger partial charge in [0.1, 0.15) is 25.0 Å². The molecule has 154 valence electrons. The fourth-order valence-electron chi connectivity index (χ4n) is 2.15. The Hall–Kier alpha value is -2.48. The molecule has 0 spiro atoms. The molecule has 28 heavy (non-hydrogen) atoms. The van der Waals surface area contributed by atoms with Crippen molar-refractivity contribution >= 4 is 5.97 Å². The minimum atomic E-state index is -1.19. The predicted molar refractivity (Wildman–Crippen MR) is 104 cm³/mol. The van der Waals surface area contributed by atoms with Gasteiger partial charge in [-0.1, -0.05) is 18.2 Å². The molecule has 0 radical (unpaired) electrons. The largest absolute Gasteiger partial charge is 0.545 e. The smallest absolute Gasteiger partial charge is 0.137 e. The molecule has 0 unspecified atom stereocenters. The van der Waals surface area contributed by atoms with Crippen LogP contribution in [0.5, 0.6) is 5.75 Å². The summed E-state index contributed by atoms with van der Waals surface area (Å²) in [6, 6.07) is 11.4. The molecule has 1 aromatic carbocycles. The molecule has 0 saturated heterocycles. The molecule has 2 rings (SSSR count). The van der Waals surface area contributed by atoms with Crippen molar-refractivity contribution in [1.82, 2.24) is 4.98 Å². The number of nitrogens with zero attached hydrogens (tertiary/aromatic N) is 1. The number of benzene rings is 1. The van der Waals surface area contributed by atoms with Crippen LogP contribution in [0.25, 0.3) is 0 Å². The van der Waals surface area contributed by atoms with Crippen molar-refractivity contribution in [2.75, 3.05) is 26.9 Å². The van der Waals surface area contributed by atoms with E-state index in [-0.39, 0.29) is 5.56 Å². The molecule has 0 saturated carbocycles. The van der Waals surface area contributed by atoms with Crippen LogP contribution in [0.4, 0.5) is 0 Å². The number of pyridine rings is 1. The highest BCUT2D eigenvalue weighted by Gasteiger charge is 2.08. The first-order valence-corrected chi connectivity index (χ1v) is 9.25. The third-order valence-corrected chi connectivity index (χ3v) is 3.74. The number of rotatable bonds is 10. The molecule has 7 heteroatoms. The highest BCUT2D eigenvalue weighted by molar-refractivity contribution is 5.85. The number of aromatic nitrogens is 1. The molecule has 0 amide bonds. The lowest BCUT2D eigenvalue weighted by Gasteiger charge is -2.13. The average molecular weight is 390 g/mol. The number of ether oxygens (including phenoxy) is 2. The van der Waals surface area contributed by atoms with Gasteiger partial charge in [0.15, 0.2) is 0 Å². The molecule has 1 aromatic heterocycles. The Bertz CT molecular complexity index is 662. The second-order valence-electron chi connectivity index (χ2n) is 6.60. The summed E-state index contributed by atoms with van der Waals surface area (Å²) >= 11 is 0. The zero-order chi connectivity index (χ0) is 20.8. The van der Waals surface area contributed by atoms with Crippen LogP contribution in [0.15, 0.2) is 48.8 Å². The first-order chi connectivity index (χ1) is 13.4. The Kier molecular flexibility index (Phi) is 11.5. The van der Waals surface area contributed by atoms with E-state index < -0.39 is 12.1 Å². The molecule has 0 fully saturated rings.